The molecule has 1 aliphatic heterocycles. The topological polar surface area (TPSA) is 122 Å². The largest absolute Gasteiger partial charge is 0.377 e. The third-order valence-electron chi connectivity index (χ3n) is 6.19. The minimum absolute atomic E-state index is 0.0877. The fourth-order valence-electron chi connectivity index (χ4n) is 4.27. The van der Waals surface area contributed by atoms with E-state index in [9.17, 15) is 21.6 Å². The number of methoxy groups -OCH3 is 1. The lowest BCUT2D eigenvalue weighted by atomic mass is 9.92. The van der Waals surface area contributed by atoms with Crippen molar-refractivity contribution >= 4 is 25.7 Å². The Morgan fingerprint density at radius 2 is 1.86 bits per heavy atom. The quantitative estimate of drug-likeness (QED) is 0.332. The maximum Gasteiger partial charge on any atom is 0.340 e. The van der Waals surface area contributed by atoms with Crippen LogP contribution in [0.4, 0.5) is 4.39 Å². The Labute approximate surface area is 208 Å². The summed E-state index contributed by atoms with van der Waals surface area (Å²) < 4.78 is 78.2. The summed E-state index contributed by atoms with van der Waals surface area (Å²) >= 11 is 0. The highest BCUT2D eigenvalue weighted by Gasteiger charge is 2.37. The number of ether oxygens (including phenoxy) is 1. The van der Waals surface area contributed by atoms with Crippen LogP contribution in [0.15, 0.2) is 46.3 Å². The molecular weight excluding hydrogens is 511 g/mol. The van der Waals surface area contributed by atoms with E-state index in [0.29, 0.717) is 0 Å². The third-order valence-corrected chi connectivity index (χ3v) is 9.22. The second kappa shape index (κ2) is 9.41. The SMILES string of the molecule is CCn1ncc(C(=O)c2cc(F)c3c(c2C)C(OC)CCS3(=O)=O)c1OS(=O)(=O)c1ccc(C)cc1. The molecule has 0 saturated heterocycles. The van der Waals surface area contributed by atoms with Gasteiger partial charge in [0, 0.05) is 24.8 Å². The zero-order valence-corrected chi connectivity index (χ0v) is 21.7. The number of rotatable bonds is 7. The molecule has 0 amide bonds. The molecule has 4 rings (SSSR count). The lowest BCUT2D eigenvalue weighted by molar-refractivity contribution is 0.0944. The number of nitrogens with zero attached hydrogens (tertiary/aromatic N) is 2. The number of ketones is 1. The lowest BCUT2D eigenvalue weighted by Gasteiger charge is -2.27. The number of halogens is 1. The molecule has 12 heteroatoms. The zero-order valence-electron chi connectivity index (χ0n) is 20.1. The number of aromatic nitrogens is 2. The highest BCUT2D eigenvalue weighted by Crippen LogP contribution is 2.40. The molecule has 0 fully saturated rings. The van der Waals surface area contributed by atoms with Crippen LogP contribution < -0.4 is 4.18 Å². The molecule has 2 aromatic carbocycles. The summed E-state index contributed by atoms with van der Waals surface area (Å²) in [7, 11) is -6.84. The van der Waals surface area contributed by atoms with Gasteiger partial charge in [0.05, 0.1) is 18.1 Å². The Hall–Kier alpha value is -3.09. The first-order chi connectivity index (χ1) is 16.9. The standard InChI is InChI=1S/C24H25FN2O7S2/c1-5-27-24(34-36(31,32)16-8-6-14(2)7-9-16)18(13-26-27)22(28)17-12-19(25)23-21(15(17)3)20(33-4)10-11-35(23,29)30/h6-9,12-13,20H,5,10-11H2,1-4H3. The van der Waals surface area contributed by atoms with E-state index in [4.69, 9.17) is 8.92 Å². The Balaban J connectivity index is 1.83. The Bertz CT molecular complexity index is 1560. The predicted molar refractivity (Wildman–Crippen MR) is 128 cm³/mol. The molecular formula is C24H25FN2O7S2. The molecule has 0 saturated carbocycles. The van der Waals surface area contributed by atoms with Gasteiger partial charge in [-0.2, -0.15) is 13.5 Å². The molecule has 3 aromatic rings. The van der Waals surface area contributed by atoms with Gasteiger partial charge in [-0.05, 0) is 51.0 Å². The summed E-state index contributed by atoms with van der Waals surface area (Å²) in [6.07, 6.45) is 0.537. The van der Waals surface area contributed by atoms with Crippen LogP contribution in [0.3, 0.4) is 0 Å². The molecule has 2 heterocycles. The molecule has 0 aliphatic carbocycles. The van der Waals surface area contributed by atoms with Crippen molar-refractivity contribution in [3.05, 3.63) is 70.2 Å². The molecule has 1 aromatic heterocycles. The zero-order chi connectivity index (χ0) is 26.4. The Morgan fingerprint density at radius 3 is 2.47 bits per heavy atom. The molecule has 0 spiro atoms. The summed E-state index contributed by atoms with van der Waals surface area (Å²) in [6.45, 7) is 5.18. The van der Waals surface area contributed by atoms with Gasteiger partial charge in [-0.1, -0.05) is 17.7 Å². The summed E-state index contributed by atoms with van der Waals surface area (Å²) in [5.41, 5.74) is 0.818. The third kappa shape index (κ3) is 4.44. The van der Waals surface area contributed by atoms with Crippen molar-refractivity contribution < 1.29 is 34.9 Å². The van der Waals surface area contributed by atoms with Gasteiger partial charge in [-0.3, -0.25) is 4.79 Å². The van der Waals surface area contributed by atoms with Gasteiger partial charge >= 0.3 is 10.1 Å². The number of carbonyl (C=O) groups excluding carboxylic acids is 1. The van der Waals surface area contributed by atoms with Crippen molar-refractivity contribution in [3.8, 4) is 5.88 Å². The maximum absolute atomic E-state index is 15.2. The summed E-state index contributed by atoms with van der Waals surface area (Å²) in [4.78, 5) is 13.0. The maximum atomic E-state index is 15.2. The molecule has 1 aliphatic rings. The van der Waals surface area contributed by atoms with E-state index in [0.717, 1.165) is 17.8 Å². The van der Waals surface area contributed by atoms with E-state index in [1.807, 2.05) is 0 Å². The lowest BCUT2D eigenvalue weighted by Crippen LogP contribution is -2.25. The van der Waals surface area contributed by atoms with Gasteiger partial charge in [0.2, 0.25) is 11.7 Å². The van der Waals surface area contributed by atoms with Crippen molar-refractivity contribution in [1.82, 2.24) is 9.78 Å². The number of fused-ring (bicyclic) bond motifs is 1. The van der Waals surface area contributed by atoms with Crippen LogP contribution in [0, 0.1) is 19.7 Å². The van der Waals surface area contributed by atoms with Gasteiger partial charge in [-0.15, -0.1) is 0 Å². The second-order valence-corrected chi connectivity index (χ2v) is 12.1. The smallest absolute Gasteiger partial charge is 0.340 e. The van der Waals surface area contributed by atoms with Gasteiger partial charge < -0.3 is 8.92 Å². The number of benzene rings is 2. The van der Waals surface area contributed by atoms with E-state index in [1.165, 1.54) is 30.8 Å². The average molecular weight is 537 g/mol. The first-order valence-electron chi connectivity index (χ1n) is 11.1. The van der Waals surface area contributed by atoms with Crippen LogP contribution >= 0.6 is 0 Å². The van der Waals surface area contributed by atoms with E-state index in [-0.39, 0.29) is 51.7 Å². The minimum atomic E-state index is -4.32. The normalized spacial score (nSPS) is 17.0. The van der Waals surface area contributed by atoms with Gasteiger partial charge in [-0.25, -0.2) is 17.5 Å². The molecule has 36 heavy (non-hydrogen) atoms. The van der Waals surface area contributed by atoms with Crippen LogP contribution in [-0.4, -0.2) is 45.3 Å². The molecule has 0 bridgehead atoms. The van der Waals surface area contributed by atoms with E-state index in [1.54, 1.807) is 26.0 Å². The average Bonchev–Trinajstić information content (AvgIpc) is 3.22. The number of carbonyl (C=O) groups is 1. The van der Waals surface area contributed by atoms with Gasteiger partial charge in [0.15, 0.2) is 9.84 Å². The summed E-state index contributed by atoms with van der Waals surface area (Å²) in [6, 6.07) is 6.84. The number of sulfone groups is 1. The van der Waals surface area contributed by atoms with Crippen LogP contribution in [0.2, 0.25) is 0 Å². The van der Waals surface area contributed by atoms with Crippen molar-refractivity contribution in [1.29, 1.82) is 0 Å². The van der Waals surface area contributed by atoms with Gasteiger partial charge in [0.25, 0.3) is 0 Å². The van der Waals surface area contributed by atoms with E-state index >= 15 is 4.39 Å². The highest BCUT2D eigenvalue weighted by molar-refractivity contribution is 7.91. The fourth-order valence-corrected chi connectivity index (χ4v) is 6.93. The molecule has 192 valence electrons. The van der Waals surface area contributed by atoms with Crippen LogP contribution in [-0.2, 0) is 31.2 Å². The van der Waals surface area contributed by atoms with Crippen molar-refractivity contribution in [3.63, 3.8) is 0 Å². The summed E-state index contributed by atoms with van der Waals surface area (Å²) in [5.74, 6) is -2.43. The predicted octanol–water partition coefficient (Wildman–Crippen LogP) is 3.52. The Morgan fingerprint density at radius 1 is 1.19 bits per heavy atom. The molecule has 0 radical (unpaired) electrons. The number of aryl methyl sites for hydroxylation is 2. The molecule has 1 atom stereocenters. The second-order valence-electron chi connectivity index (χ2n) is 8.46. The molecule has 9 nitrogen and oxygen atoms in total. The number of hydrogen-bond acceptors (Lipinski definition) is 8. The van der Waals surface area contributed by atoms with Crippen LogP contribution in [0.1, 0.15) is 52.1 Å². The molecule has 0 N–H and O–H groups in total. The summed E-state index contributed by atoms with van der Waals surface area (Å²) in [5, 5.41) is 4.06. The van der Waals surface area contributed by atoms with E-state index in [2.05, 4.69) is 5.10 Å². The minimum Gasteiger partial charge on any atom is -0.377 e. The van der Waals surface area contributed by atoms with Gasteiger partial charge in [0.1, 0.15) is 21.2 Å². The first-order valence-corrected chi connectivity index (χ1v) is 14.2. The van der Waals surface area contributed by atoms with Crippen molar-refractivity contribution in [2.75, 3.05) is 12.9 Å². The Kier molecular flexibility index (Phi) is 6.80. The first kappa shape index (κ1) is 26.0. The van der Waals surface area contributed by atoms with Crippen LogP contribution in [0.25, 0.3) is 0 Å². The van der Waals surface area contributed by atoms with E-state index < -0.39 is 42.6 Å². The van der Waals surface area contributed by atoms with Crippen molar-refractivity contribution in [2.24, 2.45) is 0 Å². The molecule has 1 unspecified atom stereocenters. The fraction of sp³-hybridized carbons (Fsp3) is 0.333. The monoisotopic (exact) mass is 536 g/mol. The highest BCUT2D eigenvalue weighted by atomic mass is 32.2. The van der Waals surface area contributed by atoms with Crippen molar-refractivity contribution in [2.45, 2.75) is 49.6 Å². The number of hydrogen-bond donors (Lipinski definition) is 0. The van der Waals surface area contributed by atoms with Crippen LogP contribution in [0.5, 0.6) is 5.88 Å².